The molecule has 4 rings (SSSR count). The summed E-state index contributed by atoms with van der Waals surface area (Å²) in [6.45, 7) is 2.05. The molecule has 1 aromatic carbocycles. The van der Waals surface area contributed by atoms with Crippen molar-refractivity contribution in [3.63, 3.8) is 0 Å². The van der Waals surface area contributed by atoms with Crippen LogP contribution in [0.5, 0.6) is 0 Å². The number of hydrogen-bond acceptors (Lipinski definition) is 4. The molecule has 2 heterocycles. The first-order valence-corrected chi connectivity index (χ1v) is 10.1. The summed E-state index contributed by atoms with van der Waals surface area (Å²) in [5.74, 6) is 0.297. The number of aryl methyl sites for hydroxylation is 1. The molecule has 0 unspecified atom stereocenters. The van der Waals surface area contributed by atoms with Gasteiger partial charge in [-0.15, -0.1) is 5.10 Å². The van der Waals surface area contributed by atoms with Gasteiger partial charge < -0.3 is 5.32 Å². The minimum atomic E-state index is -0.272. The number of nitrogens with zero attached hydrogens (tertiary/aromatic N) is 4. The standard InChI is InChI=1S/C22H25N5O2/c1-2-3-5-16-7-9-18(10-8-16)24-20(28)15-26-22(29)27(19-11-12-19)21(25-26)17-6-4-13-23-14-17/h4,6-10,13-14,19H,2-3,5,11-12,15H2,1H3,(H,24,28). The maximum absolute atomic E-state index is 12.8. The third-order valence-electron chi connectivity index (χ3n) is 5.05. The molecule has 0 aliphatic heterocycles. The first-order valence-electron chi connectivity index (χ1n) is 10.1. The number of amides is 1. The highest BCUT2D eigenvalue weighted by molar-refractivity contribution is 5.90. The van der Waals surface area contributed by atoms with Crippen LogP contribution in [0.4, 0.5) is 5.69 Å². The van der Waals surface area contributed by atoms with Crippen LogP contribution in [0.25, 0.3) is 11.4 Å². The second-order valence-electron chi connectivity index (χ2n) is 7.46. The predicted molar refractivity (Wildman–Crippen MR) is 112 cm³/mol. The molecule has 1 saturated carbocycles. The Morgan fingerprint density at radius 1 is 1.21 bits per heavy atom. The van der Waals surface area contributed by atoms with E-state index in [0.29, 0.717) is 5.82 Å². The number of pyridine rings is 1. The van der Waals surface area contributed by atoms with Gasteiger partial charge in [0.1, 0.15) is 6.54 Å². The molecule has 7 heteroatoms. The summed E-state index contributed by atoms with van der Waals surface area (Å²) < 4.78 is 2.93. The van der Waals surface area contributed by atoms with Crippen molar-refractivity contribution in [1.29, 1.82) is 0 Å². The summed E-state index contributed by atoms with van der Waals surface area (Å²) in [4.78, 5) is 29.5. The Bertz CT molecular complexity index is 1030. The lowest BCUT2D eigenvalue weighted by molar-refractivity contribution is -0.117. The van der Waals surface area contributed by atoms with Crippen molar-refractivity contribution in [2.45, 2.75) is 51.6 Å². The van der Waals surface area contributed by atoms with Gasteiger partial charge in [-0.3, -0.25) is 14.3 Å². The smallest absolute Gasteiger partial charge is 0.324 e. The van der Waals surface area contributed by atoms with Gasteiger partial charge in [0.05, 0.1) is 0 Å². The van der Waals surface area contributed by atoms with Crippen molar-refractivity contribution in [2.24, 2.45) is 0 Å². The average Bonchev–Trinajstić information content (AvgIpc) is 3.52. The SMILES string of the molecule is CCCCc1ccc(NC(=O)Cn2nc(-c3cccnc3)n(C3CC3)c2=O)cc1. The molecule has 1 amide bonds. The zero-order valence-corrected chi connectivity index (χ0v) is 16.5. The molecular formula is C22H25N5O2. The molecule has 29 heavy (non-hydrogen) atoms. The Balaban J connectivity index is 1.49. The van der Waals surface area contributed by atoms with Crippen LogP contribution >= 0.6 is 0 Å². The van der Waals surface area contributed by atoms with Gasteiger partial charge in [-0.25, -0.2) is 9.48 Å². The zero-order valence-electron chi connectivity index (χ0n) is 16.5. The summed E-state index contributed by atoms with van der Waals surface area (Å²) in [6, 6.07) is 11.7. The monoisotopic (exact) mass is 391 g/mol. The number of carbonyl (C=O) groups excluding carboxylic acids is 1. The van der Waals surface area contributed by atoms with E-state index in [2.05, 4.69) is 22.3 Å². The van der Waals surface area contributed by atoms with E-state index in [4.69, 9.17) is 0 Å². The number of carbonyl (C=O) groups is 1. The van der Waals surface area contributed by atoms with Crippen molar-refractivity contribution in [1.82, 2.24) is 19.3 Å². The van der Waals surface area contributed by atoms with Crippen molar-refractivity contribution in [3.05, 3.63) is 64.8 Å². The fourth-order valence-electron chi connectivity index (χ4n) is 3.35. The van der Waals surface area contributed by atoms with E-state index in [-0.39, 0.29) is 24.2 Å². The Labute approximate surface area is 169 Å². The van der Waals surface area contributed by atoms with Crippen LogP contribution in [0, 0.1) is 0 Å². The number of benzene rings is 1. The lowest BCUT2D eigenvalue weighted by Crippen LogP contribution is -2.30. The van der Waals surface area contributed by atoms with Crippen LogP contribution < -0.4 is 11.0 Å². The highest BCUT2D eigenvalue weighted by atomic mass is 16.2. The van der Waals surface area contributed by atoms with Gasteiger partial charge in [0.2, 0.25) is 5.91 Å². The van der Waals surface area contributed by atoms with Gasteiger partial charge in [-0.1, -0.05) is 25.5 Å². The zero-order chi connectivity index (χ0) is 20.2. The predicted octanol–water partition coefficient (Wildman–Crippen LogP) is 3.42. The molecule has 2 aromatic heterocycles. The Morgan fingerprint density at radius 2 is 2.00 bits per heavy atom. The molecule has 1 aliphatic carbocycles. The van der Waals surface area contributed by atoms with Gasteiger partial charge in [0, 0.05) is 29.7 Å². The van der Waals surface area contributed by atoms with Crippen LogP contribution in [0.3, 0.4) is 0 Å². The molecule has 7 nitrogen and oxygen atoms in total. The highest BCUT2D eigenvalue weighted by Gasteiger charge is 2.30. The maximum atomic E-state index is 12.8. The summed E-state index contributed by atoms with van der Waals surface area (Å²) in [6.07, 6.45) is 8.62. The number of rotatable bonds is 8. The van der Waals surface area contributed by atoms with Gasteiger partial charge in [-0.2, -0.15) is 0 Å². The van der Waals surface area contributed by atoms with Crippen LogP contribution in [0.1, 0.15) is 44.2 Å². The quantitative estimate of drug-likeness (QED) is 0.638. The average molecular weight is 391 g/mol. The molecule has 150 valence electrons. The number of nitrogens with one attached hydrogen (secondary N) is 1. The van der Waals surface area contributed by atoms with Crippen molar-refractivity contribution < 1.29 is 4.79 Å². The molecule has 3 aromatic rings. The largest absolute Gasteiger partial charge is 0.346 e. The van der Waals surface area contributed by atoms with E-state index in [1.807, 2.05) is 36.4 Å². The molecule has 1 fully saturated rings. The van der Waals surface area contributed by atoms with Gasteiger partial charge in [0.15, 0.2) is 5.82 Å². The third-order valence-corrected chi connectivity index (χ3v) is 5.05. The fourth-order valence-corrected chi connectivity index (χ4v) is 3.35. The van der Waals surface area contributed by atoms with E-state index in [9.17, 15) is 9.59 Å². The minimum Gasteiger partial charge on any atom is -0.324 e. The molecule has 1 N–H and O–H groups in total. The van der Waals surface area contributed by atoms with E-state index in [1.165, 1.54) is 10.2 Å². The van der Waals surface area contributed by atoms with Gasteiger partial charge >= 0.3 is 5.69 Å². The number of hydrogen-bond donors (Lipinski definition) is 1. The molecule has 0 spiro atoms. The molecule has 0 atom stereocenters. The van der Waals surface area contributed by atoms with Crippen LogP contribution in [0.15, 0.2) is 53.6 Å². The minimum absolute atomic E-state index is 0.122. The summed E-state index contributed by atoms with van der Waals surface area (Å²) >= 11 is 0. The van der Waals surface area contributed by atoms with Gasteiger partial charge in [-0.05, 0) is 55.5 Å². The molecule has 1 aliphatic rings. The molecule has 0 bridgehead atoms. The first-order chi connectivity index (χ1) is 14.2. The lowest BCUT2D eigenvalue weighted by atomic mass is 10.1. The van der Waals surface area contributed by atoms with Crippen molar-refractivity contribution in [2.75, 3.05) is 5.32 Å². The lowest BCUT2D eigenvalue weighted by Gasteiger charge is -2.06. The van der Waals surface area contributed by atoms with Crippen LogP contribution in [0.2, 0.25) is 0 Å². The Hall–Kier alpha value is -3.22. The van der Waals surface area contributed by atoms with Crippen LogP contribution in [-0.2, 0) is 17.8 Å². The number of aromatic nitrogens is 4. The fraction of sp³-hybridized carbons (Fsp3) is 0.364. The Kier molecular flexibility index (Phi) is 5.55. The third kappa shape index (κ3) is 4.45. The van der Waals surface area contributed by atoms with Crippen LogP contribution in [-0.4, -0.2) is 25.2 Å². The molecule has 0 radical (unpaired) electrons. The maximum Gasteiger partial charge on any atom is 0.346 e. The normalized spacial score (nSPS) is 13.4. The summed E-state index contributed by atoms with van der Waals surface area (Å²) in [7, 11) is 0. The number of unbranched alkanes of at least 4 members (excludes halogenated alkanes) is 1. The van der Waals surface area contributed by atoms with Crippen molar-refractivity contribution >= 4 is 11.6 Å². The second kappa shape index (κ2) is 8.43. The van der Waals surface area contributed by atoms with E-state index < -0.39 is 0 Å². The molecule has 0 saturated heterocycles. The summed E-state index contributed by atoms with van der Waals surface area (Å²) in [5, 5.41) is 7.29. The van der Waals surface area contributed by atoms with E-state index >= 15 is 0 Å². The van der Waals surface area contributed by atoms with E-state index in [1.54, 1.807) is 17.0 Å². The number of anilines is 1. The summed E-state index contributed by atoms with van der Waals surface area (Å²) in [5.41, 5.74) is 2.50. The van der Waals surface area contributed by atoms with E-state index in [0.717, 1.165) is 43.4 Å². The molecular weight excluding hydrogens is 366 g/mol. The second-order valence-corrected chi connectivity index (χ2v) is 7.46. The van der Waals surface area contributed by atoms with Crippen molar-refractivity contribution in [3.8, 4) is 11.4 Å². The topological polar surface area (TPSA) is 81.8 Å². The van der Waals surface area contributed by atoms with Gasteiger partial charge in [0.25, 0.3) is 0 Å². The highest BCUT2D eigenvalue weighted by Crippen LogP contribution is 2.36. The first kappa shape index (κ1) is 19.1. The Morgan fingerprint density at radius 3 is 2.66 bits per heavy atom.